The van der Waals surface area contributed by atoms with Gasteiger partial charge in [0.15, 0.2) is 0 Å². The molecule has 162 valence electrons. The summed E-state index contributed by atoms with van der Waals surface area (Å²) in [5, 5.41) is 7.02. The molecule has 0 saturated carbocycles. The lowest BCUT2D eigenvalue weighted by atomic mass is 10.2. The third-order valence-electron chi connectivity index (χ3n) is 4.37. The number of rotatable bonds is 7. The smallest absolute Gasteiger partial charge is 0.321 e. The van der Waals surface area contributed by atoms with E-state index < -0.39 is 26.4 Å². The first-order chi connectivity index (χ1) is 14.7. The van der Waals surface area contributed by atoms with Crippen molar-refractivity contribution in [2.75, 3.05) is 5.32 Å². The lowest BCUT2D eigenvalue weighted by Crippen LogP contribution is -2.16. The van der Waals surface area contributed by atoms with Crippen molar-refractivity contribution in [1.29, 1.82) is 0 Å². The third kappa shape index (κ3) is 5.18. The number of nitrogens with one attached hydrogen (secondary N) is 1. The van der Waals surface area contributed by atoms with Crippen LogP contribution in [0.25, 0.3) is 6.08 Å². The Kier molecular flexibility index (Phi) is 6.87. The molecule has 0 aliphatic heterocycles. The lowest BCUT2D eigenvalue weighted by molar-refractivity contribution is -0.111. The topological polar surface area (TPSA) is 81.1 Å². The zero-order valence-corrected chi connectivity index (χ0v) is 17.9. The van der Waals surface area contributed by atoms with Gasteiger partial charge in [-0.15, -0.1) is 0 Å². The van der Waals surface area contributed by atoms with Crippen molar-refractivity contribution in [2.24, 2.45) is 0 Å². The van der Waals surface area contributed by atoms with Crippen LogP contribution < -0.4 is 5.32 Å². The highest BCUT2D eigenvalue weighted by atomic mass is 35.5. The summed E-state index contributed by atoms with van der Waals surface area (Å²) in [5.41, 5.74) is 1.86. The Hall–Kier alpha value is -3.04. The maximum atomic E-state index is 12.9. The number of hydrogen-bond acceptors (Lipinski definition) is 4. The summed E-state index contributed by atoms with van der Waals surface area (Å²) in [6.07, 6.45) is 2.57. The van der Waals surface area contributed by atoms with E-state index in [4.69, 9.17) is 11.6 Å². The summed E-state index contributed by atoms with van der Waals surface area (Å²) < 4.78 is 51.0. The van der Waals surface area contributed by atoms with Gasteiger partial charge in [-0.05, 0) is 30.7 Å². The Morgan fingerprint density at radius 2 is 1.81 bits per heavy atom. The molecule has 0 unspecified atom stereocenters. The normalized spacial score (nSPS) is 11.9. The van der Waals surface area contributed by atoms with E-state index in [-0.39, 0.29) is 5.69 Å². The van der Waals surface area contributed by atoms with Gasteiger partial charge in [-0.2, -0.15) is 13.9 Å². The highest BCUT2D eigenvalue weighted by Crippen LogP contribution is 2.26. The second-order valence-electron chi connectivity index (χ2n) is 6.56. The van der Waals surface area contributed by atoms with E-state index in [1.165, 1.54) is 24.3 Å². The standard InChI is InChI=1S/C21H18ClF2N3O3S/c1-14-16(20(22)27(26-14)13-15-7-3-2-4-8-15)11-12-19(28)25-17-9-5-6-10-18(17)31(29,30)21(23)24/h2-12,21H,13H2,1H3,(H,25,28)/b12-11+. The average Bonchev–Trinajstić information content (AvgIpc) is 3.00. The Labute approximate surface area is 183 Å². The summed E-state index contributed by atoms with van der Waals surface area (Å²) >= 11 is 6.40. The predicted molar refractivity (Wildman–Crippen MR) is 115 cm³/mol. The number of hydrogen-bond donors (Lipinski definition) is 1. The number of carbonyl (C=O) groups excluding carboxylic acids is 1. The van der Waals surface area contributed by atoms with Gasteiger partial charge in [0.25, 0.3) is 0 Å². The molecule has 1 heterocycles. The second kappa shape index (κ2) is 9.40. The van der Waals surface area contributed by atoms with Gasteiger partial charge in [-0.1, -0.05) is 54.1 Å². The molecule has 2 aromatic carbocycles. The average molecular weight is 466 g/mol. The van der Waals surface area contributed by atoms with Crippen molar-refractivity contribution < 1.29 is 22.0 Å². The summed E-state index contributed by atoms with van der Waals surface area (Å²) in [6, 6.07) is 14.5. The molecular weight excluding hydrogens is 448 g/mol. The first-order valence-corrected chi connectivity index (χ1v) is 11.0. The Morgan fingerprint density at radius 3 is 2.48 bits per heavy atom. The summed E-state index contributed by atoms with van der Waals surface area (Å²) in [7, 11) is -4.87. The van der Waals surface area contributed by atoms with Crippen LogP contribution in [0.4, 0.5) is 14.5 Å². The Morgan fingerprint density at radius 1 is 1.16 bits per heavy atom. The molecule has 0 atom stereocenters. The zero-order chi connectivity index (χ0) is 22.6. The van der Waals surface area contributed by atoms with E-state index in [0.717, 1.165) is 17.7 Å². The second-order valence-corrected chi connectivity index (χ2v) is 8.80. The van der Waals surface area contributed by atoms with E-state index in [2.05, 4.69) is 10.4 Å². The van der Waals surface area contributed by atoms with Crippen LogP contribution in [0.3, 0.4) is 0 Å². The molecule has 0 aliphatic rings. The van der Waals surface area contributed by atoms with Crippen LogP contribution in [0.15, 0.2) is 65.6 Å². The highest BCUT2D eigenvalue weighted by molar-refractivity contribution is 7.91. The highest BCUT2D eigenvalue weighted by Gasteiger charge is 2.29. The maximum Gasteiger partial charge on any atom is 0.341 e. The van der Waals surface area contributed by atoms with Crippen LogP contribution in [0.5, 0.6) is 0 Å². The van der Waals surface area contributed by atoms with E-state index >= 15 is 0 Å². The molecule has 0 spiro atoms. The predicted octanol–water partition coefficient (Wildman–Crippen LogP) is 4.54. The van der Waals surface area contributed by atoms with Crippen molar-refractivity contribution in [1.82, 2.24) is 9.78 Å². The lowest BCUT2D eigenvalue weighted by Gasteiger charge is -2.10. The third-order valence-corrected chi connectivity index (χ3v) is 6.21. The number of nitrogens with zero attached hydrogens (tertiary/aromatic N) is 2. The van der Waals surface area contributed by atoms with Crippen molar-refractivity contribution in [3.8, 4) is 0 Å². The number of halogens is 3. The first kappa shape index (κ1) is 22.6. The fourth-order valence-corrected chi connectivity index (χ4v) is 4.05. The van der Waals surface area contributed by atoms with E-state index in [0.29, 0.717) is 23.0 Å². The fourth-order valence-electron chi connectivity index (χ4n) is 2.87. The van der Waals surface area contributed by atoms with Gasteiger partial charge in [0.1, 0.15) is 5.15 Å². The molecule has 31 heavy (non-hydrogen) atoms. The molecule has 3 aromatic rings. The van der Waals surface area contributed by atoms with Crippen LogP contribution in [0.1, 0.15) is 16.8 Å². The minimum Gasteiger partial charge on any atom is -0.321 e. The quantitative estimate of drug-likeness (QED) is 0.519. The number of carbonyl (C=O) groups is 1. The number of amides is 1. The minimum absolute atomic E-state index is 0.236. The summed E-state index contributed by atoms with van der Waals surface area (Å²) in [6.45, 7) is 2.18. The number of aromatic nitrogens is 2. The van der Waals surface area contributed by atoms with Gasteiger partial charge in [-0.3, -0.25) is 4.79 Å². The SMILES string of the molecule is Cc1nn(Cc2ccccc2)c(Cl)c1/C=C/C(=O)Nc1ccccc1S(=O)(=O)C(F)F. The number of para-hydroxylation sites is 1. The molecule has 0 fully saturated rings. The molecule has 6 nitrogen and oxygen atoms in total. The van der Waals surface area contributed by atoms with Crippen LogP contribution in [0, 0.1) is 6.92 Å². The first-order valence-electron chi connectivity index (χ1n) is 9.07. The van der Waals surface area contributed by atoms with Crippen molar-refractivity contribution in [3.05, 3.63) is 82.6 Å². The van der Waals surface area contributed by atoms with Crippen molar-refractivity contribution >= 4 is 39.1 Å². The molecule has 1 aromatic heterocycles. The molecule has 0 aliphatic carbocycles. The van der Waals surface area contributed by atoms with Gasteiger partial charge < -0.3 is 5.32 Å². The molecule has 10 heteroatoms. The maximum absolute atomic E-state index is 12.9. The molecule has 0 bridgehead atoms. The van der Waals surface area contributed by atoms with E-state index in [1.807, 2.05) is 30.3 Å². The van der Waals surface area contributed by atoms with Crippen LogP contribution in [-0.2, 0) is 21.2 Å². The van der Waals surface area contributed by atoms with Gasteiger partial charge in [0, 0.05) is 11.6 Å². The van der Waals surface area contributed by atoms with Crippen molar-refractivity contribution in [3.63, 3.8) is 0 Å². The fraction of sp³-hybridized carbons (Fsp3) is 0.143. The van der Waals surface area contributed by atoms with Crippen LogP contribution >= 0.6 is 11.6 Å². The van der Waals surface area contributed by atoms with Gasteiger partial charge >= 0.3 is 5.76 Å². The molecule has 1 N–H and O–H groups in total. The zero-order valence-electron chi connectivity index (χ0n) is 16.3. The van der Waals surface area contributed by atoms with E-state index in [9.17, 15) is 22.0 Å². The summed E-state index contributed by atoms with van der Waals surface area (Å²) in [4.78, 5) is 11.6. The number of alkyl halides is 2. The van der Waals surface area contributed by atoms with Gasteiger partial charge in [0.2, 0.25) is 15.7 Å². The van der Waals surface area contributed by atoms with Gasteiger partial charge in [0.05, 0.1) is 22.8 Å². The Balaban J connectivity index is 1.79. The van der Waals surface area contributed by atoms with Crippen LogP contribution in [-0.4, -0.2) is 29.9 Å². The molecule has 1 amide bonds. The molecule has 0 radical (unpaired) electrons. The van der Waals surface area contributed by atoms with E-state index in [1.54, 1.807) is 11.6 Å². The van der Waals surface area contributed by atoms with Gasteiger partial charge in [-0.25, -0.2) is 13.1 Å². The largest absolute Gasteiger partial charge is 0.341 e. The Bertz CT molecular complexity index is 1230. The van der Waals surface area contributed by atoms with Crippen molar-refractivity contribution in [2.45, 2.75) is 24.1 Å². The molecular formula is C21H18ClF2N3O3S. The molecule has 0 saturated heterocycles. The number of benzene rings is 2. The number of aryl methyl sites for hydroxylation is 1. The monoisotopic (exact) mass is 465 g/mol. The minimum atomic E-state index is -4.87. The summed E-state index contributed by atoms with van der Waals surface area (Å²) in [5.74, 6) is -4.30. The van der Waals surface area contributed by atoms with Crippen LogP contribution in [0.2, 0.25) is 5.15 Å². The number of anilines is 1. The number of sulfone groups is 1. The molecule has 3 rings (SSSR count).